The predicted octanol–water partition coefficient (Wildman–Crippen LogP) is 0.373. The van der Waals surface area contributed by atoms with Gasteiger partial charge in [-0.2, -0.15) is 0 Å². The van der Waals surface area contributed by atoms with Crippen molar-refractivity contribution in [2.45, 2.75) is 43.7 Å². The highest BCUT2D eigenvalue weighted by molar-refractivity contribution is 5.97. The molecule has 10 heteroatoms. The van der Waals surface area contributed by atoms with E-state index in [9.17, 15) is 25.2 Å². The van der Waals surface area contributed by atoms with E-state index in [1.807, 2.05) is 19.1 Å². The number of ether oxygens (including phenoxy) is 4. The summed E-state index contributed by atoms with van der Waals surface area (Å²) in [6.07, 6.45) is -7.35. The average molecular weight is 463 g/mol. The third kappa shape index (κ3) is 5.55. The van der Waals surface area contributed by atoms with Crippen LogP contribution >= 0.6 is 0 Å². The number of methoxy groups -OCH3 is 2. The van der Waals surface area contributed by atoms with Crippen LogP contribution in [0.4, 0.5) is 0 Å². The van der Waals surface area contributed by atoms with Gasteiger partial charge in [0.05, 0.1) is 32.4 Å². The van der Waals surface area contributed by atoms with Gasteiger partial charge in [0.25, 0.3) is 5.91 Å². The molecule has 2 aromatic rings. The Morgan fingerprint density at radius 2 is 1.64 bits per heavy atom. The first-order valence-electron chi connectivity index (χ1n) is 10.4. The quantitative estimate of drug-likeness (QED) is 0.375. The number of carbonyl (C=O) groups excluding carboxylic acids is 1. The first kappa shape index (κ1) is 24.7. The molecule has 0 aromatic heterocycles. The number of carbonyl (C=O) groups is 1. The number of aliphatic hydroxyl groups excluding tert-OH is 4. The highest BCUT2D eigenvalue weighted by atomic mass is 16.7. The second-order valence-electron chi connectivity index (χ2n) is 7.65. The zero-order valence-corrected chi connectivity index (χ0v) is 18.5. The maximum Gasteiger partial charge on any atom is 0.255 e. The van der Waals surface area contributed by atoms with Crippen LogP contribution in [0.25, 0.3) is 0 Å². The third-order valence-electron chi connectivity index (χ3n) is 5.49. The molecule has 0 aliphatic carbocycles. The number of hydrogen-bond donors (Lipinski definition) is 5. The van der Waals surface area contributed by atoms with Crippen LogP contribution in [-0.4, -0.2) is 77.9 Å². The Kier molecular flexibility index (Phi) is 8.11. The van der Waals surface area contributed by atoms with Crippen molar-refractivity contribution in [3.8, 4) is 17.2 Å². The lowest BCUT2D eigenvalue weighted by atomic mass is 9.99. The number of benzene rings is 2. The fourth-order valence-electron chi connectivity index (χ4n) is 3.45. The van der Waals surface area contributed by atoms with Crippen LogP contribution < -0.4 is 19.5 Å². The highest BCUT2D eigenvalue weighted by Gasteiger charge is 2.45. The molecule has 6 atom stereocenters. The molecule has 1 aliphatic rings. The van der Waals surface area contributed by atoms with Gasteiger partial charge in [0.15, 0.2) is 0 Å². The Labute approximate surface area is 191 Å². The van der Waals surface area contributed by atoms with Crippen molar-refractivity contribution in [2.75, 3.05) is 20.8 Å². The zero-order valence-electron chi connectivity index (χ0n) is 18.5. The zero-order chi connectivity index (χ0) is 24.1. The third-order valence-corrected chi connectivity index (χ3v) is 5.49. The SMILES string of the molecule is COc1ccc([C@H](C)NC(=O)c2ccc(OC)cc2OC2OC(CO)C(O)C(O)C2O)cc1. The Hall–Kier alpha value is -2.89. The first-order valence-corrected chi connectivity index (χ1v) is 10.4. The van der Waals surface area contributed by atoms with Crippen LogP contribution in [-0.2, 0) is 4.74 Å². The molecule has 0 saturated carbocycles. The van der Waals surface area contributed by atoms with Gasteiger partial charge in [-0.05, 0) is 36.8 Å². The van der Waals surface area contributed by atoms with Crippen LogP contribution in [0.1, 0.15) is 28.9 Å². The summed E-state index contributed by atoms with van der Waals surface area (Å²) < 4.78 is 21.5. The van der Waals surface area contributed by atoms with Gasteiger partial charge in [-0.1, -0.05) is 12.1 Å². The van der Waals surface area contributed by atoms with Gasteiger partial charge in [-0.25, -0.2) is 0 Å². The molecule has 10 nitrogen and oxygen atoms in total. The van der Waals surface area contributed by atoms with Gasteiger partial charge >= 0.3 is 0 Å². The Morgan fingerprint density at radius 3 is 2.24 bits per heavy atom. The lowest BCUT2D eigenvalue weighted by Crippen LogP contribution is -2.60. The summed E-state index contributed by atoms with van der Waals surface area (Å²) in [5.41, 5.74) is 0.988. The molecular weight excluding hydrogens is 434 g/mol. The molecule has 1 heterocycles. The largest absolute Gasteiger partial charge is 0.497 e. The van der Waals surface area contributed by atoms with Crippen LogP contribution in [0, 0.1) is 0 Å². The van der Waals surface area contributed by atoms with E-state index in [-0.39, 0.29) is 17.4 Å². The first-order chi connectivity index (χ1) is 15.8. The van der Waals surface area contributed by atoms with E-state index < -0.39 is 43.2 Å². The van der Waals surface area contributed by atoms with Gasteiger partial charge in [0, 0.05) is 6.07 Å². The van der Waals surface area contributed by atoms with E-state index in [0.29, 0.717) is 11.5 Å². The van der Waals surface area contributed by atoms with Crippen molar-refractivity contribution in [3.05, 3.63) is 53.6 Å². The standard InChI is InChI=1S/C23H29NO9/c1-12(13-4-6-14(30-2)7-5-13)24-22(29)16-9-8-15(31-3)10-17(16)32-23-21(28)20(27)19(26)18(11-25)33-23/h4-10,12,18-21,23,25-28H,11H2,1-3H3,(H,24,29)/t12-,18?,19?,20?,21?,23?/m0/s1. The molecule has 2 aromatic carbocycles. The summed E-state index contributed by atoms with van der Waals surface area (Å²) in [6, 6.07) is 11.4. The maximum absolute atomic E-state index is 13.0. The van der Waals surface area contributed by atoms with Crippen LogP contribution in [0.15, 0.2) is 42.5 Å². The molecule has 180 valence electrons. The molecule has 5 unspecified atom stereocenters. The van der Waals surface area contributed by atoms with Crippen molar-refractivity contribution in [1.82, 2.24) is 5.32 Å². The second-order valence-corrected chi connectivity index (χ2v) is 7.65. The summed E-state index contributed by atoms with van der Waals surface area (Å²) in [7, 11) is 3.01. The normalized spacial score (nSPS) is 25.7. The van der Waals surface area contributed by atoms with Gasteiger partial charge in [0.2, 0.25) is 6.29 Å². The van der Waals surface area contributed by atoms with E-state index in [2.05, 4.69) is 5.32 Å². The number of nitrogens with one attached hydrogen (secondary N) is 1. The van der Waals surface area contributed by atoms with Crippen LogP contribution in [0.5, 0.6) is 17.2 Å². The Morgan fingerprint density at radius 1 is 1.00 bits per heavy atom. The molecule has 0 radical (unpaired) electrons. The fraction of sp³-hybridized carbons (Fsp3) is 0.435. The molecule has 0 bridgehead atoms. The average Bonchev–Trinajstić information content (AvgIpc) is 2.84. The molecule has 33 heavy (non-hydrogen) atoms. The molecule has 1 aliphatic heterocycles. The summed E-state index contributed by atoms with van der Waals surface area (Å²) in [6.45, 7) is 1.22. The molecule has 5 N–H and O–H groups in total. The van der Waals surface area contributed by atoms with Crippen molar-refractivity contribution < 1.29 is 44.2 Å². The monoisotopic (exact) mass is 463 g/mol. The summed E-state index contributed by atoms with van der Waals surface area (Å²) in [5, 5.41) is 42.5. The lowest BCUT2D eigenvalue weighted by molar-refractivity contribution is -0.277. The maximum atomic E-state index is 13.0. The lowest BCUT2D eigenvalue weighted by Gasteiger charge is -2.39. The number of hydrogen-bond acceptors (Lipinski definition) is 9. The predicted molar refractivity (Wildman–Crippen MR) is 116 cm³/mol. The number of rotatable bonds is 8. The fourth-order valence-corrected chi connectivity index (χ4v) is 3.45. The molecular formula is C23H29NO9. The van der Waals surface area contributed by atoms with E-state index in [1.54, 1.807) is 25.3 Å². The minimum atomic E-state index is -1.62. The van der Waals surface area contributed by atoms with Gasteiger partial charge in [-0.15, -0.1) is 0 Å². The minimum absolute atomic E-state index is 0.0260. The van der Waals surface area contributed by atoms with E-state index in [1.165, 1.54) is 19.2 Å². The van der Waals surface area contributed by atoms with Gasteiger partial charge in [0.1, 0.15) is 41.7 Å². The summed E-state index contributed by atoms with van der Waals surface area (Å²) >= 11 is 0. The van der Waals surface area contributed by atoms with Gasteiger partial charge < -0.3 is 44.7 Å². The van der Waals surface area contributed by atoms with Crippen LogP contribution in [0.2, 0.25) is 0 Å². The minimum Gasteiger partial charge on any atom is -0.497 e. The van der Waals surface area contributed by atoms with E-state index in [0.717, 1.165) is 5.56 Å². The Bertz CT molecular complexity index is 934. The number of aliphatic hydroxyl groups is 4. The molecule has 0 spiro atoms. The van der Waals surface area contributed by atoms with Gasteiger partial charge in [-0.3, -0.25) is 4.79 Å². The van der Waals surface area contributed by atoms with E-state index in [4.69, 9.17) is 18.9 Å². The molecule has 1 saturated heterocycles. The van der Waals surface area contributed by atoms with Crippen LogP contribution in [0.3, 0.4) is 0 Å². The summed E-state index contributed by atoms with van der Waals surface area (Å²) in [5.74, 6) is 0.649. The van der Waals surface area contributed by atoms with Crippen molar-refractivity contribution >= 4 is 5.91 Å². The van der Waals surface area contributed by atoms with E-state index >= 15 is 0 Å². The summed E-state index contributed by atoms with van der Waals surface area (Å²) in [4.78, 5) is 13.0. The second kappa shape index (κ2) is 10.8. The molecule has 3 rings (SSSR count). The smallest absolute Gasteiger partial charge is 0.255 e. The topological polar surface area (TPSA) is 147 Å². The highest BCUT2D eigenvalue weighted by Crippen LogP contribution is 2.30. The van der Waals surface area contributed by atoms with Crippen molar-refractivity contribution in [1.29, 1.82) is 0 Å². The van der Waals surface area contributed by atoms with Crippen molar-refractivity contribution in [3.63, 3.8) is 0 Å². The number of amides is 1. The van der Waals surface area contributed by atoms with Crippen molar-refractivity contribution in [2.24, 2.45) is 0 Å². The molecule has 1 fully saturated rings. The Balaban J connectivity index is 1.81. The molecule has 1 amide bonds.